The van der Waals surface area contributed by atoms with Gasteiger partial charge < -0.3 is 10.2 Å². The van der Waals surface area contributed by atoms with E-state index in [2.05, 4.69) is 4.98 Å². The van der Waals surface area contributed by atoms with Crippen molar-refractivity contribution in [2.75, 3.05) is 5.73 Å². The van der Waals surface area contributed by atoms with Gasteiger partial charge in [-0.25, -0.2) is 4.98 Å². The van der Waals surface area contributed by atoms with Gasteiger partial charge in [-0.2, -0.15) is 0 Å². The summed E-state index contributed by atoms with van der Waals surface area (Å²) in [6.45, 7) is 2.04. The van der Waals surface area contributed by atoms with Gasteiger partial charge >= 0.3 is 0 Å². The van der Waals surface area contributed by atoms with E-state index in [0.29, 0.717) is 5.82 Å². The third kappa shape index (κ3) is 0.942. The van der Waals surface area contributed by atoms with E-state index < -0.39 is 0 Å². The minimum Gasteiger partial charge on any atom is -0.461 e. The van der Waals surface area contributed by atoms with E-state index in [-0.39, 0.29) is 0 Å². The molecule has 0 aromatic carbocycles. The van der Waals surface area contributed by atoms with Gasteiger partial charge in [-0.15, -0.1) is 0 Å². The van der Waals surface area contributed by atoms with Crippen molar-refractivity contribution < 1.29 is 4.42 Å². The Labute approximate surface area is 70.2 Å². The Hall–Kier alpha value is -1.51. The van der Waals surface area contributed by atoms with Gasteiger partial charge in [-0.05, 0) is 12.1 Å². The summed E-state index contributed by atoms with van der Waals surface area (Å²) in [4.78, 5) is 3.97. The lowest BCUT2D eigenvalue weighted by molar-refractivity contribution is 0.557. The fourth-order valence-electron chi connectivity index (χ4n) is 1.21. The summed E-state index contributed by atoms with van der Waals surface area (Å²) in [5, 5.41) is 0.911. The molecule has 0 saturated carbocycles. The highest BCUT2D eigenvalue weighted by Gasteiger charge is 2.04. The number of aryl methyl sites for hydroxylation is 1. The number of pyridine rings is 1. The molecule has 62 valence electrons. The van der Waals surface area contributed by atoms with Gasteiger partial charge in [0.05, 0.1) is 5.39 Å². The molecule has 3 heteroatoms. The molecule has 2 rings (SSSR count). The number of hydrogen-bond donors (Lipinski definition) is 1. The summed E-state index contributed by atoms with van der Waals surface area (Å²) in [7, 11) is 0. The van der Waals surface area contributed by atoms with Gasteiger partial charge in [0.1, 0.15) is 17.2 Å². The summed E-state index contributed by atoms with van der Waals surface area (Å²) in [6.07, 6.45) is 2.54. The van der Waals surface area contributed by atoms with E-state index in [1.165, 1.54) is 0 Å². The summed E-state index contributed by atoms with van der Waals surface area (Å²) >= 11 is 0. The van der Waals surface area contributed by atoms with Crippen molar-refractivity contribution >= 4 is 16.8 Å². The molecule has 12 heavy (non-hydrogen) atoms. The number of fused-ring (bicyclic) bond motifs is 1. The molecule has 0 fully saturated rings. The number of aromatic nitrogens is 1. The maximum Gasteiger partial charge on any atom is 0.139 e. The van der Waals surface area contributed by atoms with Crippen molar-refractivity contribution in [3.05, 3.63) is 24.1 Å². The van der Waals surface area contributed by atoms with Crippen LogP contribution < -0.4 is 5.73 Å². The number of anilines is 1. The second-order valence-corrected chi connectivity index (χ2v) is 2.67. The number of nitrogens with zero attached hydrogens (tertiary/aromatic N) is 1. The molecule has 0 amide bonds. The van der Waals surface area contributed by atoms with Crippen molar-refractivity contribution in [3.63, 3.8) is 0 Å². The molecule has 0 atom stereocenters. The van der Waals surface area contributed by atoms with Crippen LogP contribution in [0, 0.1) is 0 Å². The van der Waals surface area contributed by atoms with Crippen LogP contribution in [0.25, 0.3) is 11.0 Å². The second-order valence-electron chi connectivity index (χ2n) is 2.67. The van der Waals surface area contributed by atoms with Crippen LogP contribution in [0.1, 0.15) is 12.7 Å². The van der Waals surface area contributed by atoms with Gasteiger partial charge in [-0.3, -0.25) is 0 Å². The Bertz CT molecular complexity index is 406. The molecular formula is C9H10N2O. The molecule has 0 aliphatic carbocycles. The van der Waals surface area contributed by atoms with E-state index in [1.807, 2.05) is 19.1 Å². The summed E-state index contributed by atoms with van der Waals surface area (Å²) < 4.78 is 5.48. The predicted molar refractivity (Wildman–Crippen MR) is 47.8 cm³/mol. The van der Waals surface area contributed by atoms with Crippen molar-refractivity contribution in [3.8, 4) is 0 Å². The highest BCUT2D eigenvalue weighted by molar-refractivity contribution is 5.87. The smallest absolute Gasteiger partial charge is 0.139 e. The van der Waals surface area contributed by atoms with Crippen molar-refractivity contribution in [1.29, 1.82) is 0 Å². The first kappa shape index (κ1) is 7.16. The van der Waals surface area contributed by atoms with Crippen LogP contribution in [0.3, 0.4) is 0 Å². The Kier molecular flexibility index (Phi) is 1.50. The molecule has 0 spiro atoms. The maximum atomic E-state index is 5.65. The van der Waals surface area contributed by atoms with Gasteiger partial charge in [0.15, 0.2) is 0 Å². The largest absolute Gasteiger partial charge is 0.461 e. The molecule has 2 N–H and O–H groups in total. The van der Waals surface area contributed by atoms with E-state index >= 15 is 0 Å². The van der Waals surface area contributed by atoms with E-state index in [1.54, 1.807) is 6.20 Å². The summed E-state index contributed by atoms with van der Waals surface area (Å²) in [6, 6.07) is 3.77. The third-order valence-electron chi connectivity index (χ3n) is 1.88. The SMILES string of the molecule is CCc1cc2c(N)nccc2o1. The lowest BCUT2D eigenvalue weighted by Crippen LogP contribution is -1.87. The lowest BCUT2D eigenvalue weighted by Gasteiger charge is -1.90. The third-order valence-corrected chi connectivity index (χ3v) is 1.88. The molecule has 0 saturated heterocycles. The minimum absolute atomic E-state index is 0.538. The molecule has 0 aliphatic heterocycles. The second kappa shape index (κ2) is 2.52. The zero-order valence-corrected chi connectivity index (χ0v) is 6.87. The van der Waals surface area contributed by atoms with Crippen molar-refractivity contribution in [1.82, 2.24) is 4.98 Å². The van der Waals surface area contributed by atoms with Crippen LogP contribution in [0.4, 0.5) is 5.82 Å². The highest BCUT2D eigenvalue weighted by atomic mass is 16.3. The summed E-state index contributed by atoms with van der Waals surface area (Å²) in [5.74, 6) is 1.49. The topological polar surface area (TPSA) is 52.0 Å². The Morgan fingerprint density at radius 1 is 1.58 bits per heavy atom. The average Bonchev–Trinajstić information content (AvgIpc) is 2.49. The minimum atomic E-state index is 0.538. The van der Waals surface area contributed by atoms with E-state index in [0.717, 1.165) is 23.2 Å². The van der Waals surface area contributed by atoms with E-state index in [9.17, 15) is 0 Å². The van der Waals surface area contributed by atoms with Crippen LogP contribution in [0.2, 0.25) is 0 Å². The molecule has 0 aliphatic rings. The van der Waals surface area contributed by atoms with Crippen LogP contribution in [0.5, 0.6) is 0 Å². The average molecular weight is 162 g/mol. The highest BCUT2D eigenvalue weighted by Crippen LogP contribution is 2.22. The summed E-state index contributed by atoms with van der Waals surface area (Å²) in [5.41, 5.74) is 6.47. The monoisotopic (exact) mass is 162 g/mol. The molecular weight excluding hydrogens is 152 g/mol. The molecule has 2 aromatic rings. The maximum absolute atomic E-state index is 5.65. The first-order valence-corrected chi connectivity index (χ1v) is 3.94. The fourth-order valence-corrected chi connectivity index (χ4v) is 1.21. The van der Waals surface area contributed by atoms with Crippen LogP contribution >= 0.6 is 0 Å². The fraction of sp³-hybridized carbons (Fsp3) is 0.222. The lowest BCUT2D eigenvalue weighted by atomic mass is 10.3. The Morgan fingerprint density at radius 2 is 2.42 bits per heavy atom. The number of furan rings is 1. The van der Waals surface area contributed by atoms with Crippen molar-refractivity contribution in [2.45, 2.75) is 13.3 Å². The quantitative estimate of drug-likeness (QED) is 0.697. The first-order valence-electron chi connectivity index (χ1n) is 3.94. The molecule has 2 aromatic heterocycles. The normalized spacial score (nSPS) is 10.8. The predicted octanol–water partition coefficient (Wildman–Crippen LogP) is 1.97. The molecule has 0 unspecified atom stereocenters. The number of nitrogen functional groups attached to an aromatic ring is 1. The van der Waals surface area contributed by atoms with Crippen molar-refractivity contribution in [2.24, 2.45) is 0 Å². The zero-order chi connectivity index (χ0) is 8.55. The van der Waals surface area contributed by atoms with Crippen LogP contribution in [0.15, 0.2) is 22.7 Å². The van der Waals surface area contributed by atoms with Gasteiger partial charge in [0.2, 0.25) is 0 Å². The molecule has 2 heterocycles. The van der Waals surface area contributed by atoms with Gasteiger partial charge in [-0.1, -0.05) is 6.92 Å². The number of nitrogens with two attached hydrogens (primary N) is 1. The first-order chi connectivity index (χ1) is 5.81. The number of rotatable bonds is 1. The van der Waals surface area contributed by atoms with E-state index in [4.69, 9.17) is 10.2 Å². The number of hydrogen-bond acceptors (Lipinski definition) is 3. The molecule has 0 bridgehead atoms. The van der Waals surface area contributed by atoms with Gasteiger partial charge in [0, 0.05) is 12.6 Å². The van der Waals surface area contributed by atoms with Crippen LogP contribution in [-0.4, -0.2) is 4.98 Å². The standard InChI is InChI=1S/C9H10N2O/c1-2-6-5-7-8(12-6)3-4-11-9(7)10/h3-5H,2H2,1H3,(H2,10,11). The van der Waals surface area contributed by atoms with Gasteiger partial charge in [0.25, 0.3) is 0 Å². The van der Waals surface area contributed by atoms with Crippen LogP contribution in [-0.2, 0) is 6.42 Å². The molecule has 3 nitrogen and oxygen atoms in total. The Balaban J connectivity index is 2.74. The Morgan fingerprint density at radius 3 is 3.08 bits per heavy atom. The zero-order valence-electron chi connectivity index (χ0n) is 6.87. The molecule has 0 radical (unpaired) electrons.